The minimum absolute atomic E-state index is 0.0903. The fraction of sp³-hybridized carbons (Fsp3) is 0.800. The van der Waals surface area contributed by atoms with Crippen molar-refractivity contribution < 1.29 is 14.6 Å². The fourth-order valence-electron chi connectivity index (χ4n) is 0.309. The number of aliphatic hydroxyl groups excluding tert-OH is 1. The number of rotatable bonds is 4. The molecule has 3 nitrogen and oxygen atoms in total. The van der Waals surface area contributed by atoms with Crippen LogP contribution in [0.4, 0.5) is 0 Å². The molecule has 0 spiro atoms. The highest BCUT2D eigenvalue weighted by atomic mass is 127. The molecule has 0 aromatic heterocycles. The third-order valence-electron chi connectivity index (χ3n) is 0.653. The summed E-state index contributed by atoms with van der Waals surface area (Å²) >= 11 is 2.09. The van der Waals surface area contributed by atoms with Gasteiger partial charge in [0.25, 0.3) is 0 Å². The van der Waals surface area contributed by atoms with Crippen molar-refractivity contribution in [3.63, 3.8) is 0 Å². The lowest BCUT2D eigenvalue weighted by atomic mass is 10.5. The first-order valence-corrected chi connectivity index (χ1v) is 4.16. The SMILES string of the molecule is O=C(CCI)OCCO. The van der Waals surface area contributed by atoms with Crippen molar-refractivity contribution in [1.82, 2.24) is 0 Å². The Morgan fingerprint density at radius 1 is 1.67 bits per heavy atom. The number of hydrogen-bond donors (Lipinski definition) is 1. The van der Waals surface area contributed by atoms with Crippen molar-refractivity contribution in [3.8, 4) is 0 Å². The molecule has 0 saturated carbocycles. The Kier molecular flexibility index (Phi) is 6.39. The van der Waals surface area contributed by atoms with Gasteiger partial charge in [-0.15, -0.1) is 0 Å². The van der Waals surface area contributed by atoms with Crippen LogP contribution in [0.25, 0.3) is 0 Å². The third kappa shape index (κ3) is 6.04. The van der Waals surface area contributed by atoms with Gasteiger partial charge in [0.1, 0.15) is 6.61 Å². The first-order chi connectivity index (χ1) is 4.31. The van der Waals surface area contributed by atoms with Gasteiger partial charge >= 0.3 is 5.97 Å². The first kappa shape index (κ1) is 9.16. The number of esters is 1. The molecular weight excluding hydrogens is 235 g/mol. The zero-order valence-corrected chi connectivity index (χ0v) is 7.13. The Balaban J connectivity index is 3.06. The maximum atomic E-state index is 10.5. The van der Waals surface area contributed by atoms with E-state index in [2.05, 4.69) is 27.3 Å². The van der Waals surface area contributed by atoms with E-state index >= 15 is 0 Å². The topological polar surface area (TPSA) is 46.5 Å². The number of halogens is 1. The van der Waals surface area contributed by atoms with E-state index < -0.39 is 0 Å². The highest BCUT2D eigenvalue weighted by Crippen LogP contribution is 1.90. The van der Waals surface area contributed by atoms with Gasteiger partial charge in [-0.05, 0) is 0 Å². The van der Waals surface area contributed by atoms with Crippen LogP contribution in [0.1, 0.15) is 6.42 Å². The summed E-state index contributed by atoms with van der Waals surface area (Å²) < 4.78 is 5.30. The molecule has 0 saturated heterocycles. The minimum Gasteiger partial charge on any atom is -0.463 e. The largest absolute Gasteiger partial charge is 0.463 e. The summed E-state index contributed by atoms with van der Waals surface area (Å²) in [4.78, 5) is 10.5. The number of carbonyl (C=O) groups excluding carboxylic acids is 1. The Labute approximate surface area is 67.5 Å². The third-order valence-corrected chi connectivity index (χ3v) is 1.19. The molecule has 9 heavy (non-hydrogen) atoms. The summed E-state index contributed by atoms with van der Waals surface area (Å²) in [5, 5.41) is 8.20. The first-order valence-electron chi connectivity index (χ1n) is 2.63. The second-order valence-electron chi connectivity index (χ2n) is 1.38. The molecule has 1 N–H and O–H groups in total. The van der Waals surface area contributed by atoms with Gasteiger partial charge in [0.2, 0.25) is 0 Å². The number of carbonyl (C=O) groups is 1. The molecule has 54 valence electrons. The summed E-state index contributed by atoms with van der Waals surface area (Å²) in [6.07, 6.45) is 0.431. The molecule has 0 aromatic rings. The van der Waals surface area contributed by atoms with Crippen molar-refractivity contribution in [1.29, 1.82) is 0 Å². The molecular formula is C5H9IO3. The average molecular weight is 244 g/mol. The number of hydrogen-bond acceptors (Lipinski definition) is 3. The Morgan fingerprint density at radius 2 is 2.33 bits per heavy atom. The molecule has 0 aliphatic heterocycles. The molecule has 0 atom stereocenters. The van der Waals surface area contributed by atoms with Crippen LogP contribution in [-0.4, -0.2) is 28.7 Å². The van der Waals surface area contributed by atoms with Crippen LogP contribution in [0.3, 0.4) is 0 Å². The van der Waals surface area contributed by atoms with Crippen LogP contribution in [0.2, 0.25) is 0 Å². The van der Waals surface area contributed by atoms with Crippen LogP contribution in [0, 0.1) is 0 Å². The molecule has 0 unspecified atom stereocenters. The van der Waals surface area contributed by atoms with Gasteiger partial charge in [-0.2, -0.15) is 0 Å². The summed E-state index contributed by atoms with van der Waals surface area (Å²) in [7, 11) is 0. The molecule has 0 amide bonds. The second kappa shape index (κ2) is 6.28. The van der Waals surface area contributed by atoms with E-state index in [9.17, 15) is 4.79 Å². The zero-order chi connectivity index (χ0) is 7.11. The standard InChI is InChI=1S/C5H9IO3/c6-2-1-5(8)9-4-3-7/h7H,1-4H2. The van der Waals surface area contributed by atoms with Gasteiger partial charge < -0.3 is 9.84 Å². The predicted molar refractivity (Wildman–Crippen MR) is 41.5 cm³/mol. The number of alkyl halides is 1. The average Bonchev–Trinajstić information content (AvgIpc) is 1.85. The highest BCUT2D eigenvalue weighted by molar-refractivity contribution is 14.1. The van der Waals surface area contributed by atoms with E-state index in [-0.39, 0.29) is 19.2 Å². The smallest absolute Gasteiger partial charge is 0.306 e. The molecule has 0 aromatic carbocycles. The summed E-state index contributed by atoms with van der Waals surface area (Å²) in [6.45, 7) is 0.0302. The Morgan fingerprint density at radius 3 is 2.78 bits per heavy atom. The molecule has 0 aliphatic rings. The maximum absolute atomic E-state index is 10.5. The molecule has 0 radical (unpaired) electrons. The van der Waals surface area contributed by atoms with E-state index in [0.29, 0.717) is 6.42 Å². The van der Waals surface area contributed by atoms with E-state index in [1.165, 1.54) is 0 Å². The summed E-state index contributed by atoms with van der Waals surface area (Å²) in [6, 6.07) is 0. The molecule has 4 heteroatoms. The molecule has 0 aliphatic carbocycles. The summed E-state index contributed by atoms with van der Waals surface area (Å²) in [5.41, 5.74) is 0. The lowest BCUT2D eigenvalue weighted by Gasteiger charge is -1.98. The number of ether oxygens (including phenoxy) is 1. The van der Waals surface area contributed by atoms with Crippen LogP contribution in [0.5, 0.6) is 0 Å². The second-order valence-corrected chi connectivity index (χ2v) is 2.46. The van der Waals surface area contributed by atoms with Gasteiger partial charge in [-0.25, -0.2) is 0 Å². The molecule has 0 rings (SSSR count). The van der Waals surface area contributed by atoms with Crippen LogP contribution in [0.15, 0.2) is 0 Å². The lowest BCUT2D eigenvalue weighted by Crippen LogP contribution is -2.08. The fourth-order valence-corrected chi connectivity index (χ4v) is 0.749. The van der Waals surface area contributed by atoms with E-state index in [4.69, 9.17) is 5.11 Å². The number of aliphatic hydroxyl groups is 1. The van der Waals surface area contributed by atoms with Gasteiger partial charge in [-0.3, -0.25) is 4.79 Å². The zero-order valence-electron chi connectivity index (χ0n) is 4.97. The Hall–Kier alpha value is 0.160. The van der Waals surface area contributed by atoms with Crippen molar-refractivity contribution in [2.24, 2.45) is 0 Å². The van der Waals surface area contributed by atoms with Gasteiger partial charge in [-0.1, -0.05) is 22.6 Å². The van der Waals surface area contributed by atoms with Gasteiger partial charge in [0.15, 0.2) is 0 Å². The maximum Gasteiger partial charge on any atom is 0.306 e. The van der Waals surface area contributed by atoms with E-state index in [0.717, 1.165) is 4.43 Å². The summed E-state index contributed by atoms with van der Waals surface area (Å²) in [5.74, 6) is -0.238. The normalized spacial score (nSPS) is 9.11. The van der Waals surface area contributed by atoms with Crippen molar-refractivity contribution in [2.75, 3.05) is 17.6 Å². The monoisotopic (exact) mass is 244 g/mol. The quantitative estimate of drug-likeness (QED) is 0.441. The minimum atomic E-state index is -0.238. The van der Waals surface area contributed by atoms with Crippen molar-refractivity contribution in [2.45, 2.75) is 6.42 Å². The van der Waals surface area contributed by atoms with Gasteiger partial charge in [0.05, 0.1) is 13.0 Å². The van der Waals surface area contributed by atoms with Crippen LogP contribution in [-0.2, 0) is 9.53 Å². The van der Waals surface area contributed by atoms with Crippen molar-refractivity contribution >= 4 is 28.6 Å². The molecule has 0 bridgehead atoms. The van der Waals surface area contributed by atoms with E-state index in [1.54, 1.807) is 0 Å². The van der Waals surface area contributed by atoms with E-state index in [1.807, 2.05) is 0 Å². The van der Waals surface area contributed by atoms with Crippen molar-refractivity contribution in [3.05, 3.63) is 0 Å². The van der Waals surface area contributed by atoms with Crippen LogP contribution >= 0.6 is 22.6 Å². The van der Waals surface area contributed by atoms with Gasteiger partial charge in [0, 0.05) is 4.43 Å². The highest BCUT2D eigenvalue weighted by Gasteiger charge is 1.97. The lowest BCUT2D eigenvalue weighted by molar-refractivity contribution is -0.144. The Bertz CT molecular complexity index is 84.3. The molecule has 0 heterocycles. The predicted octanol–water partition coefficient (Wildman–Crippen LogP) is 0.347. The molecule has 0 fully saturated rings. The van der Waals surface area contributed by atoms with Crippen LogP contribution < -0.4 is 0 Å².